The summed E-state index contributed by atoms with van der Waals surface area (Å²) in [6, 6.07) is 5.04. The van der Waals surface area contributed by atoms with E-state index < -0.39 is 23.7 Å². The summed E-state index contributed by atoms with van der Waals surface area (Å²) in [6.07, 6.45) is 0.332. The molecule has 4 rings (SSSR count). The molecule has 0 aromatic carbocycles. The second-order valence-electron chi connectivity index (χ2n) is 6.49. The third-order valence-electron chi connectivity index (χ3n) is 4.84. The summed E-state index contributed by atoms with van der Waals surface area (Å²) in [4.78, 5) is 17.7. The molecule has 1 saturated carbocycles. The lowest BCUT2D eigenvalue weighted by Crippen LogP contribution is -2.28. The van der Waals surface area contributed by atoms with Gasteiger partial charge in [-0.3, -0.25) is 0 Å². The minimum Gasteiger partial charge on any atom is -0.460 e. The van der Waals surface area contributed by atoms with Gasteiger partial charge in [-0.2, -0.15) is 0 Å². The summed E-state index contributed by atoms with van der Waals surface area (Å²) >= 11 is 6.24. The highest BCUT2D eigenvalue weighted by atomic mass is 35.5. The summed E-state index contributed by atoms with van der Waals surface area (Å²) in [5.74, 6) is -3.62. The van der Waals surface area contributed by atoms with Crippen molar-refractivity contribution in [2.24, 2.45) is 11.8 Å². The van der Waals surface area contributed by atoms with Crippen molar-refractivity contribution in [3.05, 3.63) is 40.4 Å². The zero-order valence-corrected chi connectivity index (χ0v) is 14.7. The zero-order valence-electron chi connectivity index (χ0n) is 13.9. The molecule has 0 amide bonds. The molecule has 2 aromatic rings. The Morgan fingerprint density at radius 3 is 2.81 bits per heavy atom. The number of halogens is 3. The van der Waals surface area contributed by atoms with Crippen molar-refractivity contribution in [2.75, 3.05) is 24.6 Å². The molecule has 0 radical (unpaired) electrons. The molecule has 2 fully saturated rings. The molecule has 138 valence electrons. The maximum atomic E-state index is 13.3. The molecule has 1 aliphatic heterocycles. The fourth-order valence-corrected chi connectivity index (χ4v) is 3.56. The first-order valence-electron chi connectivity index (χ1n) is 8.31. The lowest BCUT2D eigenvalue weighted by molar-refractivity contribution is 0.0479. The van der Waals surface area contributed by atoms with E-state index in [0.29, 0.717) is 36.6 Å². The molecule has 0 spiro atoms. The molecule has 2 aliphatic rings. The van der Waals surface area contributed by atoms with Crippen molar-refractivity contribution >= 4 is 23.4 Å². The van der Waals surface area contributed by atoms with Gasteiger partial charge in [-0.15, -0.1) is 0 Å². The summed E-state index contributed by atoms with van der Waals surface area (Å²) in [5.41, 5.74) is 1.22. The first kappa shape index (κ1) is 17.2. The van der Waals surface area contributed by atoms with Gasteiger partial charge in [-0.25, -0.2) is 18.6 Å². The van der Waals surface area contributed by atoms with Crippen molar-refractivity contribution in [2.45, 2.75) is 19.3 Å². The van der Waals surface area contributed by atoms with Crippen LogP contribution >= 0.6 is 11.6 Å². The number of carbonyl (C=O) groups excluding carboxylic acids is 1. The molecule has 6 nitrogen and oxygen atoms in total. The number of rotatable bonds is 5. The minimum atomic E-state index is -2.52. The average Bonchev–Trinajstić information content (AvgIpc) is 3.05. The van der Waals surface area contributed by atoms with Crippen molar-refractivity contribution in [1.29, 1.82) is 0 Å². The van der Waals surface area contributed by atoms with E-state index in [2.05, 4.69) is 10.1 Å². The Morgan fingerprint density at radius 2 is 2.15 bits per heavy atom. The van der Waals surface area contributed by atoms with Gasteiger partial charge in [-0.05, 0) is 18.6 Å². The largest absolute Gasteiger partial charge is 0.460 e. The highest BCUT2D eigenvalue weighted by Gasteiger charge is 2.71. The molecule has 2 unspecified atom stereocenters. The fourth-order valence-electron chi connectivity index (χ4n) is 3.35. The molecule has 26 heavy (non-hydrogen) atoms. The van der Waals surface area contributed by atoms with Gasteiger partial charge >= 0.3 is 5.97 Å². The summed E-state index contributed by atoms with van der Waals surface area (Å²) in [7, 11) is 0. The third-order valence-corrected chi connectivity index (χ3v) is 5.17. The van der Waals surface area contributed by atoms with Gasteiger partial charge in [0.15, 0.2) is 0 Å². The molecule has 2 atom stereocenters. The predicted molar refractivity (Wildman–Crippen MR) is 88.7 cm³/mol. The first-order chi connectivity index (χ1) is 12.4. The van der Waals surface area contributed by atoms with E-state index in [0.717, 1.165) is 0 Å². The Bertz CT molecular complexity index is 844. The molecule has 1 saturated heterocycles. The van der Waals surface area contributed by atoms with Gasteiger partial charge in [0.05, 0.1) is 24.1 Å². The van der Waals surface area contributed by atoms with Gasteiger partial charge in [0.1, 0.15) is 11.0 Å². The van der Waals surface area contributed by atoms with Crippen LogP contribution in [-0.4, -0.2) is 41.7 Å². The molecular formula is C17H16ClF2N3O3. The van der Waals surface area contributed by atoms with Gasteiger partial charge < -0.3 is 14.2 Å². The van der Waals surface area contributed by atoms with Crippen LogP contribution < -0.4 is 4.90 Å². The summed E-state index contributed by atoms with van der Waals surface area (Å²) in [6.45, 7) is 2.54. The minimum absolute atomic E-state index is 0.0276. The quantitative estimate of drug-likeness (QED) is 0.583. The van der Waals surface area contributed by atoms with Gasteiger partial charge in [-0.1, -0.05) is 22.8 Å². The van der Waals surface area contributed by atoms with E-state index >= 15 is 0 Å². The van der Waals surface area contributed by atoms with Crippen molar-refractivity contribution < 1.29 is 22.8 Å². The second-order valence-corrected chi connectivity index (χ2v) is 6.85. The van der Waals surface area contributed by atoms with Crippen molar-refractivity contribution in [3.8, 4) is 0 Å². The molecule has 3 heterocycles. The van der Waals surface area contributed by atoms with E-state index in [1.807, 2.05) is 4.90 Å². The van der Waals surface area contributed by atoms with Gasteiger partial charge in [0.2, 0.25) is 5.76 Å². The third kappa shape index (κ3) is 2.92. The van der Waals surface area contributed by atoms with Crippen LogP contribution in [0.3, 0.4) is 0 Å². The number of carbonyl (C=O) groups is 1. The Kier molecular flexibility index (Phi) is 4.10. The average molecular weight is 384 g/mol. The van der Waals surface area contributed by atoms with Crippen molar-refractivity contribution in [1.82, 2.24) is 10.1 Å². The number of alkyl halides is 2. The number of pyridine rings is 1. The highest BCUT2D eigenvalue weighted by molar-refractivity contribution is 6.30. The van der Waals surface area contributed by atoms with Crippen LogP contribution in [0.5, 0.6) is 0 Å². The number of fused-ring (bicyclic) bond motifs is 1. The first-order valence-corrected chi connectivity index (χ1v) is 8.68. The van der Waals surface area contributed by atoms with Crippen LogP contribution in [-0.2, 0) is 11.2 Å². The van der Waals surface area contributed by atoms with Crippen LogP contribution in [0, 0.1) is 11.8 Å². The molecule has 9 heteroatoms. The smallest absolute Gasteiger partial charge is 0.377 e. The maximum Gasteiger partial charge on any atom is 0.377 e. The Labute approximate surface area is 153 Å². The van der Waals surface area contributed by atoms with Gasteiger partial charge in [0.25, 0.3) is 5.92 Å². The number of hydrogen-bond acceptors (Lipinski definition) is 6. The number of piperidine rings is 1. The van der Waals surface area contributed by atoms with Crippen molar-refractivity contribution in [3.63, 3.8) is 0 Å². The maximum absolute atomic E-state index is 13.3. The Balaban J connectivity index is 1.43. The lowest BCUT2D eigenvalue weighted by Gasteiger charge is -2.21. The molecule has 0 bridgehead atoms. The molecule has 0 N–H and O–H groups in total. The van der Waals surface area contributed by atoms with Crippen LogP contribution in [0.2, 0.25) is 5.15 Å². The lowest BCUT2D eigenvalue weighted by atomic mass is 10.1. The number of ether oxygens (including phenoxy) is 1. The standard InChI is InChI=1S/C17H16ClF2N3O3/c1-2-25-16(24)13-6-10(22-26-13)5-9-3-4-14(21-15(9)18)23-7-11-12(8-23)17(11,19)20/h3-4,6,11-12H,2,5,7-8H2,1H3. The van der Waals surface area contributed by atoms with E-state index in [9.17, 15) is 13.6 Å². The van der Waals surface area contributed by atoms with Gasteiger partial charge in [0, 0.05) is 25.6 Å². The van der Waals surface area contributed by atoms with Crippen LogP contribution in [0.25, 0.3) is 0 Å². The van der Waals surface area contributed by atoms with E-state index in [1.165, 1.54) is 6.07 Å². The fraction of sp³-hybridized carbons (Fsp3) is 0.471. The molecular weight excluding hydrogens is 368 g/mol. The van der Waals surface area contributed by atoms with Crippen LogP contribution in [0.4, 0.5) is 14.6 Å². The van der Waals surface area contributed by atoms with Crippen LogP contribution in [0.15, 0.2) is 22.7 Å². The normalized spacial score (nSPS) is 23.0. The molecule has 2 aromatic heterocycles. The molecule has 1 aliphatic carbocycles. The topological polar surface area (TPSA) is 68.5 Å². The zero-order chi connectivity index (χ0) is 18.5. The Morgan fingerprint density at radius 1 is 1.42 bits per heavy atom. The summed E-state index contributed by atoms with van der Waals surface area (Å²) < 4.78 is 36.4. The Hall–Kier alpha value is -2.22. The van der Waals surface area contributed by atoms with E-state index in [1.54, 1.807) is 19.1 Å². The SMILES string of the molecule is CCOC(=O)c1cc(Cc2ccc(N3CC4C(C3)C4(F)F)nc2Cl)no1. The number of aromatic nitrogens is 2. The predicted octanol–water partition coefficient (Wildman–Crippen LogP) is 3.19. The second kappa shape index (κ2) is 6.19. The van der Waals surface area contributed by atoms with E-state index in [4.69, 9.17) is 20.9 Å². The van der Waals surface area contributed by atoms with E-state index in [-0.39, 0.29) is 17.5 Å². The van der Waals surface area contributed by atoms with Crippen LogP contribution in [0.1, 0.15) is 28.7 Å². The number of anilines is 1. The monoisotopic (exact) mass is 383 g/mol. The number of esters is 1. The highest BCUT2D eigenvalue weighted by Crippen LogP contribution is 2.59. The number of hydrogen-bond donors (Lipinski definition) is 0. The number of nitrogens with zero attached hydrogens (tertiary/aromatic N) is 3. The summed E-state index contributed by atoms with van der Waals surface area (Å²) in [5, 5.41) is 4.11.